The number of aryl methyl sites for hydroxylation is 3. The average molecular weight is 566 g/mol. The number of aromatic amines is 2. The molecule has 5 heterocycles. The number of nitrogens with zero attached hydrogens (tertiary/aromatic N) is 3. The number of aliphatic hydroxyl groups excluding tert-OH is 1. The van der Waals surface area contributed by atoms with Crippen molar-refractivity contribution < 1.29 is 9.90 Å². The van der Waals surface area contributed by atoms with Crippen LogP contribution >= 0.6 is 0 Å². The smallest absolute Gasteiger partial charge is 0.222 e. The van der Waals surface area contributed by atoms with E-state index in [-0.39, 0.29) is 24.3 Å². The standard InChI is InChI=1S/C35H43N5O2/c1-9-24-21(5)30-18-33-25(10-2)20(4)29(37-33)17-31-22(6)26(11-12-34(42)40(8)13-14-41)35(39-31)23(7)28-15-19(3)27(36-28)16-32(24)38-30/h10,15-18,22,26,36-37,41H,2,9,11-14H2,1,3-8H3/t22-,26-/m0/s1. The van der Waals surface area contributed by atoms with Crippen LogP contribution in [0.2, 0.25) is 0 Å². The predicted molar refractivity (Wildman–Crippen MR) is 173 cm³/mol. The van der Waals surface area contributed by atoms with Gasteiger partial charge in [0, 0.05) is 70.9 Å². The lowest BCUT2D eigenvalue weighted by Gasteiger charge is -2.20. The van der Waals surface area contributed by atoms with Crippen LogP contribution in [0.5, 0.6) is 0 Å². The Morgan fingerprint density at radius 1 is 1.00 bits per heavy atom. The van der Waals surface area contributed by atoms with E-state index in [2.05, 4.69) is 82.4 Å². The van der Waals surface area contributed by atoms with Gasteiger partial charge < -0.3 is 20.0 Å². The van der Waals surface area contributed by atoms with E-state index in [4.69, 9.17) is 9.97 Å². The molecule has 7 heteroatoms. The summed E-state index contributed by atoms with van der Waals surface area (Å²) in [4.78, 5) is 32.1. The maximum absolute atomic E-state index is 12.8. The highest BCUT2D eigenvalue weighted by Crippen LogP contribution is 2.42. The van der Waals surface area contributed by atoms with E-state index in [0.717, 1.165) is 73.5 Å². The van der Waals surface area contributed by atoms with Crippen LogP contribution in [0.15, 0.2) is 30.8 Å². The first-order valence-corrected chi connectivity index (χ1v) is 15.0. The SMILES string of the molecule is C=Cc1c(C)c2cc3nc(c(C)c4cc(C)c(cc5nc(cc1[nH]2)C(C)=C5CC)[nH]4)[C@@H](CCC(=O)N(C)CCO)[C@@H]3C. The monoisotopic (exact) mass is 565 g/mol. The molecule has 7 nitrogen and oxygen atoms in total. The lowest BCUT2D eigenvalue weighted by atomic mass is 9.86. The quantitative estimate of drug-likeness (QED) is 0.279. The van der Waals surface area contributed by atoms with Gasteiger partial charge in [0.2, 0.25) is 5.91 Å². The molecule has 2 aliphatic rings. The van der Waals surface area contributed by atoms with Gasteiger partial charge in [0.1, 0.15) is 0 Å². The van der Waals surface area contributed by atoms with Gasteiger partial charge >= 0.3 is 0 Å². The number of hydrogen-bond donors (Lipinski definition) is 3. The second-order valence-electron chi connectivity index (χ2n) is 11.8. The molecule has 3 N–H and O–H groups in total. The number of aliphatic hydroxyl groups is 1. The number of fused-ring (bicyclic) bond motifs is 8. The molecule has 2 atom stereocenters. The number of carbonyl (C=O) groups is 1. The zero-order chi connectivity index (χ0) is 30.3. The van der Waals surface area contributed by atoms with Crippen LogP contribution in [0, 0.1) is 20.8 Å². The second-order valence-corrected chi connectivity index (χ2v) is 11.8. The molecule has 0 fully saturated rings. The normalized spacial score (nSPS) is 16.7. The Morgan fingerprint density at radius 3 is 2.38 bits per heavy atom. The Kier molecular flexibility index (Phi) is 8.24. The molecule has 220 valence electrons. The van der Waals surface area contributed by atoms with E-state index in [1.165, 1.54) is 11.1 Å². The van der Waals surface area contributed by atoms with Crippen molar-refractivity contribution in [3.8, 4) is 0 Å². The molecular formula is C35H43N5O2. The molecule has 0 saturated heterocycles. The van der Waals surface area contributed by atoms with Crippen LogP contribution in [-0.4, -0.2) is 56.0 Å². The number of amides is 1. The second kappa shape index (κ2) is 11.7. The van der Waals surface area contributed by atoms with Gasteiger partial charge in [-0.2, -0.15) is 0 Å². The van der Waals surface area contributed by atoms with Crippen molar-refractivity contribution in [1.82, 2.24) is 24.8 Å². The summed E-state index contributed by atoms with van der Waals surface area (Å²) >= 11 is 0. The minimum absolute atomic E-state index is 0.0381. The van der Waals surface area contributed by atoms with Gasteiger partial charge in [-0.3, -0.25) is 9.78 Å². The molecule has 5 rings (SSSR count). The highest BCUT2D eigenvalue weighted by atomic mass is 16.3. The van der Waals surface area contributed by atoms with Crippen molar-refractivity contribution in [3.63, 3.8) is 0 Å². The predicted octanol–water partition coefficient (Wildman–Crippen LogP) is 7.34. The van der Waals surface area contributed by atoms with Crippen LogP contribution in [0.4, 0.5) is 0 Å². The summed E-state index contributed by atoms with van der Waals surface area (Å²) in [7, 11) is 1.75. The number of H-pyrrole nitrogens is 2. The average Bonchev–Trinajstić information content (AvgIpc) is 3.66. The number of hydrogen-bond acceptors (Lipinski definition) is 4. The topological polar surface area (TPSA) is 97.9 Å². The first-order chi connectivity index (χ1) is 20.1. The Hall–Kier alpha value is -3.97. The minimum atomic E-state index is -0.0392. The third kappa shape index (κ3) is 5.22. The Bertz CT molecular complexity index is 1760. The first-order valence-electron chi connectivity index (χ1n) is 15.0. The minimum Gasteiger partial charge on any atom is -0.395 e. The van der Waals surface area contributed by atoms with Crippen molar-refractivity contribution in [1.29, 1.82) is 0 Å². The van der Waals surface area contributed by atoms with Gasteiger partial charge in [-0.05, 0) is 92.6 Å². The summed E-state index contributed by atoms with van der Waals surface area (Å²) < 4.78 is 0. The van der Waals surface area contributed by atoms with Gasteiger partial charge in [0.05, 0.1) is 18.0 Å². The van der Waals surface area contributed by atoms with Gasteiger partial charge in [0.25, 0.3) is 0 Å². The van der Waals surface area contributed by atoms with E-state index < -0.39 is 0 Å². The van der Waals surface area contributed by atoms with Gasteiger partial charge in [-0.25, -0.2) is 4.98 Å². The largest absolute Gasteiger partial charge is 0.395 e. The summed E-state index contributed by atoms with van der Waals surface area (Å²) in [6.45, 7) is 17.3. The first kappa shape index (κ1) is 29.5. The Labute approximate surface area is 248 Å². The maximum Gasteiger partial charge on any atom is 0.222 e. The molecule has 0 aromatic carbocycles. The summed E-state index contributed by atoms with van der Waals surface area (Å²) in [5.74, 6) is 0.248. The van der Waals surface area contributed by atoms with E-state index >= 15 is 0 Å². The van der Waals surface area contributed by atoms with E-state index in [1.807, 2.05) is 6.08 Å². The molecule has 0 spiro atoms. The molecule has 3 aromatic heterocycles. The fraction of sp³-hybridized carbons (Fsp3) is 0.400. The molecule has 8 bridgehead atoms. The number of aromatic nitrogens is 4. The van der Waals surface area contributed by atoms with Crippen molar-refractivity contribution >= 4 is 45.2 Å². The number of nitrogens with one attached hydrogen (secondary N) is 2. The fourth-order valence-corrected chi connectivity index (χ4v) is 6.42. The third-order valence-corrected chi connectivity index (χ3v) is 9.21. The van der Waals surface area contributed by atoms with Crippen LogP contribution in [-0.2, 0) is 4.79 Å². The molecule has 42 heavy (non-hydrogen) atoms. The number of likely N-dealkylation sites (N-methyl/N-ethyl adjacent to an activating group) is 1. The lowest BCUT2D eigenvalue weighted by Crippen LogP contribution is -2.29. The molecule has 2 aliphatic heterocycles. The number of allylic oxidation sites excluding steroid dienone is 2. The molecular weight excluding hydrogens is 522 g/mol. The molecule has 0 aliphatic carbocycles. The summed E-state index contributed by atoms with van der Waals surface area (Å²) in [5.41, 5.74) is 14.9. The maximum atomic E-state index is 12.8. The molecule has 0 unspecified atom stereocenters. The molecule has 0 saturated carbocycles. The summed E-state index contributed by atoms with van der Waals surface area (Å²) in [5, 5.41) is 9.29. The van der Waals surface area contributed by atoms with Crippen molar-refractivity contribution in [3.05, 3.63) is 75.9 Å². The Morgan fingerprint density at radius 2 is 1.69 bits per heavy atom. The zero-order valence-electron chi connectivity index (χ0n) is 26.0. The van der Waals surface area contributed by atoms with Crippen LogP contribution in [0.3, 0.4) is 0 Å². The summed E-state index contributed by atoms with van der Waals surface area (Å²) in [6.07, 6.45) is 3.89. The number of carbonyl (C=O) groups excluding carboxylic acids is 1. The highest BCUT2D eigenvalue weighted by Gasteiger charge is 2.31. The number of rotatable bonds is 7. The third-order valence-electron chi connectivity index (χ3n) is 9.21. The fourth-order valence-electron chi connectivity index (χ4n) is 6.42. The molecule has 3 aromatic rings. The molecule has 0 radical (unpaired) electrons. The van der Waals surface area contributed by atoms with Gasteiger partial charge in [0.15, 0.2) is 0 Å². The lowest BCUT2D eigenvalue weighted by molar-refractivity contribution is -0.130. The zero-order valence-corrected chi connectivity index (χ0v) is 26.0. The van der Waals surface area contributed by atoms with Gasteiger partial charge in [-0.15, -0.1) is 0 Å². The van der Waals surface area contributed by atoms with E-state index in [0.29, 0.717) is 19.4 Å². The van der Waals surface area contributed by atoms with Crippen molar-refractivity contribution in [2.75, 3.05) is 20.2 Å². The Balaban J connectivity index is 1.79. The van der Waals surface area contributed by atoms with Gasteiger partial charge in [-0.1, -0.05) is 26.5 Å². The van der Waals surface area contributed by atoms with E-state index in [9.17, 15) is 9.90 Å². The van der Waals surface area contributed by atoms with E-state index in [1.54, 1.807) is 11.9 Å². The van der Waals surface area contributed by atoms with Crippen LogP contribution in [0.25, 0.3) is 39.3 Å². The van der Waals surface area contributed by atoms with Crippen molar-refractivity contribution in [2.45, 2.75) is 72.6 Å². The van der Waals surface area contributed by atoms with Crippen molar-refractivity contribution in [2.24, 2.45) is 0 Å². The summed E-state index contributed by atoms with van der Waals surface area (Å²) in [6, 6.07) is 8.66. The molecule has 1 amide bonds. The van der Waals surface area contributed by atoms with Crippen LogP contribution in [0.1, 0.15) is 96.9 Å². The highest BCUT2D eigenvalue weighted by molar-refractivity contribution is 5.93. The van der Waals surface area contributed by atoms with Crippen LogP contribution < -0.4 is 0 Å².